The number of nitrogens with one attached hydrogen (secondary N) is 1. The second-order valence-electron chi connectivity index (χ2n) is 5.59. The molecule has 0 aromatic carbocycles. The van der Waals surface area contributed by atoms with E-state index >= 15 is 0 Å². The molecule has 0 aromatic heterocycles. The van der Waals surface area contributed by atoms with Gasteiger partial charge in [0.25, 0.3) is 0 Å². The third kappa shape index (κ3) is 7.02. The first-order valence-electron chi connectivity index (χ1n) is 7.30. The molecule has 1 aliphatic rings. The van der Waals surface area contributed by atoms with Gasteiger partial charge in [0.15, 0.2) is 0 Å². The Morgan fingerprint density at radius 2 is 1.88 bits per heavy atom. The molecule has 3 heteroatoms. The van der Waals surface area contributed by atoms with E-state index in [0.29, 0.717) is 0 Å². The lowest BCUT2D eigenvalue weighted by atomic mass is 10.0. The predicted molar refractivity (Wildman–Crippen MR) is 75.5 cm³/mol. The van der Waals surface area contributed by atoms with Crippen molar-refractivity contribution in [2.24, 2.45) is 5.92 Å². The third-order valence-electron chi connectivity index (χ3n) is 3.78. The van der Waals surface area contributed by atoms with Gasteiger partial charge in [0, 0.05) is 0 Å². The minimum atomic E-state index is 0.954. The molecule has 1 atom stereocenters. The van der Waals surface area contributed by atoms with Gasteiger partial charge >= 0.3 is 0 Å². The van der Waals surface area contributed by atoms with Gasteiger partial charge in [0.1, 0.15) is 0 Å². The molecule has 0 radical (unpaired) electrons. The van der Waals surface area contributed by atoms with Crippen LogP contribution in [0.15, 0.2) is 0 Å². The van der Waals surface area contributed by atoms with Crippen LogP contribution in [0.3, 0.4) is 0 Å². The number of nitrogens with zero attached hydrogens (tertiary/aromatic N) is 2. The molecule has 1 saturated heterocycles. The van der Waals surface area contributed by atoms with Crippen molar-refractivity contribution in [3.63, 3.8) is 0 Å². The van der Waals surface area contributed by atoms with Crippen LogP contribution in [0, 0.1) is 5.92 Å². The Labute approximate surface area is 108 Å². The van der Waals surface area contributed by atoms with Crippen LogP contribution in [-0.2, 0) is 0 Å². The number of rotatable bonds is 9. The first-order valence-corrected chi connectivity index (χ1v) is 7.30. The molecule has 102 valence electrons. The maximum Gasteiger partial charge on any atom is -0.000667 e. The zero-order valence-corrected chi connectivity index (χ0v) is 12.0. The van der Waals surface area contributed by atoms with Crippen molar-refractivity contribution in [3.8, 4) is 0 Å². The van der Waals surface area contributed by atoms with Gasteiger partial charge in [0.2, 0.25) is 0 Å². The van der Waals surface area contributed by atoms with E-state index in [4.69, 9.17) is 0 Å². The standard InChI is InChI=1S/C14H31N3/c1-4-17(12-6-10-16(2)3)11-5-7-14-8-9-15-13-14/h14-15H,4-13H2,1-3H3. The van der Waals surface area contributed by atoms with E-state index in [2.05, 4.69) is 36.1 Å². The van der Waals surface area contributed by atoms with E-state index < -0.39 is 0 Å². The first kappa shape index (κ1) is 14.9. The molecule has 0 amide bonds. The summed E-state index contributed by atoms with van der Waals surface area (Å²) in [5.74, 6) is 0.954. The molecule has 1 N–H and O–H groups in total. The molecule has 0 spiro atoms. The molecule has 0 bridgehead atoms. The van der Waals surface area contributed by atoms with Gasteiger partial charge in [0.05, 0.1) is 0 Å². The van der Waals surface area contributed by atoms with Crippen LogP contribution in [0.2, 0.25) is 0 Å². The summed E-state index contributed by atoms with van der Waals surface area (Å²) in [6.45, 7) is 9.75. The van der Waals surface area contributed by atoms with Crippen molar-refractivity contribution in [2.45, 2.75) is 32.6 Å². The molecule has 1 aliphatic heterocycles. The van der Waals surface area contributed by atoms with E-state index in [1.54, 1.807) is 0 Å². The Bertz CT molecular complexity index is 176. The summed E-state index contributed by atoms with van der Waals surface area (Å²) in [5.41, 5.74) is 0. The summed E-state index contributed by atoms with van der Waals surface area (Å²) in [6.07, 6.45) is 5.48. The van der Waals surface area contributed by atoms with Crippen molar-refractivity contribution >= 4 is 0 Å². The van der Waals surface area contributed by atoms with Gasteiger partial charge in [-0.1, -0.05) is 6.92 Å². The van der Waals surface area contributed by atoms with Gasteiger partial charge in [-0.3, -0.25) is 0 Å². The smallest absolute Gasteiger partial charge is 0.000667 e. The molecule has 1 heterocycles. The second-order valence-corrected chi connectivity index (χ2v) is 5.59. The summed E-state index contributed by atoms with van der Waals surface area (Å²) in [6, 6.07) is 0. The van der Waals surface area contributed by atoms with Crippen LogP contribution in [0.1, 0.15) is 32.6 Å². The van der Waals surface area contributed by atoms with Crippen LogP contribution in [0.4, 0.5) is 0 Å². The molecule has 17 heavy (non-hydrogen) atoms. The van der Waals surface area contributed by atoms with Gasteiger partial charge in [-0.15, -0.1) is 0 Å². The fraction of sp³-hybridized carbons (Fsp3) is 1.00. The van der Waals surface area contributed by atoms with Crippen LogP contribution < -0.4 is 5.32 Å². The van der Waals surface area contributed by atoms with Crippen LogP contribution in [0.5, 0.6) is 0 Å². The number of hydrogen-bond acceptors (Lipinski definition) is 3. The Hall–Kier alpha value is -0.120. The fourth-order valence-corrected chi connectivity index (χ4v) is 2.60. The molecule has 1 fully saturated rings. The highest BCUT2D eigenvalue weighted by Gasteiger charge is 2.14. The average Bonchev–Trinajstić information content (AvgIpc) is 2.79. The van der Waals surface area contributed by atoms with E-state index in [0.717, 1.165) is 5.92 Å². The highest BCUT2D eigenvalue weighted by atomic mass is 15.1. The van der Waals surface area contributed by atoms with E-state index in [1.165, 1.54) is 65.0 Å². The van der Waals surface area contributed by atoms with Gasteiger partial charge in [-0.2, -0.15) is 0 Å². The van der Waals surface area contributed by atoms with E-state index in [-0.39, 0.29) is 0 Å². The SMILES string of the molecule is CCN(CCCC1CCNC1)CCCN(C)C. The Morgan fingerprint density at radius 3 is 2.47 bits per heavy atom. The van der Waals surface area contributed by atoms with Crippen LogP contribution in [-0.4, -0.2) is 63.2 Å². The largest absolute Gasteiger partial charge is 0.316 e. The Morgan fingerprint density at radius 1 is 1.12 bits per heavy atom. The third-order valence-corrected chi connectivity index (χ3v) is 3.78. The zero-order valence-electron chi connectivity index (χ0n) is 12.0. The van der Waals surface area contributed by atoms with Crippen molar-refractivity contribution in [2.75, 3.05) is 53.4 Å². The van der Waals surface area contributed by atoms with Crippen LogP contribution in [0.25, 0.3) is 0 Å². The summed E-state index contributed by atoms with van der Waals surface area (Å²) in [5, 5.41) is 3.45. The lowest BCUT2D eigenvalue weighted by Crippen LogP contribution is -2.28. The lowest BCUT2D eigenvalue weighted by molar-refractivity contribution is 0.256. The van der Waals surface area contributed by atoms with E-state index in [9.17, 15) is 0 Å². The highest BCUT2D eigenvalue weighted by molar-refractivity contribution is 4.71. The maximum absolute atomic E-state index is 3.45. The van der Waals surface area contributed by atoms with Crippen molar-refractivity contribution < 1.29 is 0 Å². The van der Waals surface area contributed by atoms with Crippen molar-refractivity contribution in [3.05, 3.63) is 0 Å². The summed E-state index contributed by atoms with van der Waals surface area (Å²) >= 11 is 0. The molecule has 1 rings (SSSR count). The molecule has 0 aliphatic carbocycles. The number of hydrogen-bond donors (Lipinski definition) is 1. The van der Waals surface area contributed by atoms with Gasteiger partial charge in [-0.05, 0) is 85.0 Å². The summed E-state index contributed by atoms with van der Waals surface area (Å²) < 4.78 is 0. The first-order chi connectivity index (χ1) is 8.22. The quantitative estimate of drug-likeness (QED) is 0.662. The van der Waals surface area contributed by atoms with Crippen molar-refractivity contribution in [1.29, 1.82) is 0 Å². The molecule has 0 aromatic rings. The van der Waals surface area contributed by atoms with Crippen LogP contribution >= 0.6 is 0 Å². The minimum Gasteiger partial charge on any atom is -0.316 e. The Kier molecular flexibility index (Phi) is 7.82. The monoisotopic (exact) mass is 241 g/mol. The molecule has 0 saturated carbocycles. The Balaban J connectivity index is 2.01. The highest BCUT2D eigenvalue weighted by Crippen LogP contribution is 2.14. The normalized spacial score (nSPS) is 20.6. The second kappa shape index (κ2) is 8.90. The van der Waals surface area contributed by atoms with Gasteiger partial charge in [-0.25, -0.2) is 0 Å². The maximum atomic E-state index is 3.45. The van der Waals surface area contributed by atoms with Gasteiger partial charge < -0.3 is 15.1 Å². The molecule has 1 unspecified atom stereocenters. The minimum absolute atomic E-state index is 0.954. The van der Waals surface area contributed by atoms with Crippen molar-refractivity contribution in [1.82, 2.24) is 15.1 Å². The summed E-state index contributed by atoms with van der Waals surface area (Å²) in [7, 11) is 4.31. The molecular weight excluding hydrogens is 210 g/mol. The topological polar surface area (TPSA) is 18.5 Å². The molecule has 3 nitrogen and oxygen atoms in total. The average molecular weight is 241 g/mol. The fourth-order valence-electron chi connectivity index (χ4n) is 2.60. The molecular formula is C14H31N3. The lowest BCUT2D eigenvalue weighted by Gasteiger charge is -2.22. The zero-order chi connectivity index (χ0) is 12.5. The summed E-state index contributed by atoms with van der Waals surface area (Å²) in [4.78, 5) is 4.88. The predicted octanol–water partition coefficient (Wildman–Crippen LogP) is 1.65. The van der Waals surface area contributed by atoms with E-state index in [1.807, 2.05) is 0 Å².